The number of benzene rings is 1. The normalized spacial score (nSPS) is 13.7. The first-order valence-corrected chi connectivity index (χ1v) is 4.03. The van der Waals surface area contributed by atoms with E-state index in [0.29, 0.717) is 0 Å². The Labute approximate surface area is 83.1 Å². The zero-order valence-corrected chi connectivity index (χ0v) is 7.68. The lowest BCUT2D eigenvalue weighted by Gasteiger charge is -2.11. The van der Waals surface area contributed by atoms with E-state index in [0.717, 1.165) is 18.2 Å². The van der Waals surface area contributed by atoms with E-state index < -0.39 is 24.0 Å². The first kappa shape index (κ1) is 11.8. The predicted molar refractivity (Wildman–Crippen MR) is 43.7 cm³/mol. The van der Waals surface area contributed by atoms with Gasteiger partial charge in [-0.1, -0.05) is 6.07 Å². The van der Waals surface area contributed by atoms with E-state index in [1.54, 1.807) is 0 Å². The van der Waals surface area contributed by atoms with Crippen LogP contribution < -0.4 is 4.74 Å². The quantitative estimate of drug-likeness (QED) is 0.782. The molecular formula is C9H8F4O2. The Morgan fingerprint density at radius 1 is 1.33 bits per heavy atom. The van der Waals surface area contributed by atoms with Gasteiger partial charge in [-0.25, -0.2) is 4.39 Å². The van der Waals surface area contributed by atoms with Crippen LogP contribution in [-0.4, -0.2) is 11.5 Å². The van der Waals surface area contributed by atoms with Crippen molar-refractivity contribution >= 4 is 0 Å². The minimum Gasteiger partial charge on any atom is -0.403 e. The van der Waals surface area contributed by atoms with Crippen molar-refractivity contribution in [3.05, 3.63) is 29.6 Å². The van der Waals surface area contributed by atoms with Crippen molar-refractivity contribution in [2.45, 2.75) is 19.4 Å². The molecule has 0 saturated heterocycles. The third-order valence-electron chi connectivity index (χ3n) is 1.66. The molecule has 2 nitrogen and oxygen atoms in total. The Bertz CT molecular complexity index is 346. The lowest BCUT2D eigenvalue weighted by Crippen LogP contribution is -2.18. The molecule has 0 fully saturated rings. The summed E-state index contributed by atoms with van der Waals surface area (Å²) in [6.45, 7) is 1.37. The summed E-state index contributed by atoms with van der Waals surface area (Å²) in [4.78, 5) is 0. The fourth-order valence-electron chi connectivity index (χ4n) is 0.984. The average molecular weight is 224 g/mol. The summed E-state index contributed by atoms with van der Waals surface area (Å²) in [7, 11) is 0. The highest BCUT2D eigenvalue weighted by Crippen LogP contribution is 2.27. The Kier molecular flexibility index (Phi) is 3.18. The molecule has 1 rings (SSSR count). The number of hydrogen-bond acceptors (Lipinski definition) is 2. The lowest BCUT2D eigenvalue weighted by molar-refractivity contribution is -0.275. The third kappa shape index (κ3) is 3.39. The molecule has 0 bridgehead atoms. The maximum absolute atomic E-state index is 13.0. The maximum Gasteiger partial charge on any atom is 0.573 e. The summed E-state index contributed by atoms with van der Waals surface area (Å²) >= 11 is 0. The van der Waals surface area contributed by atoms with E-state index in [1.165, 1.54) is 6.92 Å². The van der Waals surface area contributed by atoms with Gasteiger partial charge in [-0.05, 0) is 24.6 Å². The Morgan fingerprint density at radius 2 is 1.93 bits per heavy atom. The number of rotatable bonds is 2. The van der Waals surface area contributed by atoms with Crippen LogP contribution in [0.4, 0.5) is 17.6 Å². The van der Waals surface area contributed by atoms with E-state index in [1.807, 2.05) is 0 Å². The summed E-state index contributed by atoms with van der Waals surface area (Å²) < 4.78 is 51.6. The summed E-state index contributed by atoms with van der Waals surface area (Å²) in [6.07, 6.45) is -5.87. The molecule has 0 heterocycles. The molecule has 1 N–H and O–H groups in total. The number of hydrogen-bond donors (Lipinski definition) is 1. The zero-order valence-electron chi connectivity index (χ0n) is 7.68. The number of alkyl halides is 3. The maximum atomic E-state index is 13.0. The summed E-state index contributed by atoms with van der Waals surface area (Å²) in [6, 6.07) is 2.78. The van der Waals surface area contributed by atoms with Gasteiger partial charge in [-0.15, -0.1) is 13.2 Å². The molecule has 0 radical (unpaired) electrons. The number of aliphatic hydroxyl groups is 1. The van der Waals surface area contributed by atoms with Gasteiger partial charge in [0.25, 0.3) is 0 Å². The first-order valence-electron chi connectivity index (χ1n) is 4.03. The van der Waals surface area contributed by atoms with Crippen LogP contribution in [-0.2, 0) is 0 Å². The fourth-order valence-corrected chi connectivity index (χ4v) is 0.984. The Hall–Kier alpha value is -1.30. The Balaban J connectivity index is 2.94. The summed E-state index contributed by atoms with van der Waals surface area (Å²) in [5.74, 6) is -2.07. The van der Waals surface area contributed by atoms with E-state index in [9.17, 15) is 17.6 Å². The van der Waals surface area contributed by atoms with Gasteiger partial charge in [0.2, 0.25) is 0 Å². The first-order chi connectivity index (χ1) is 6.79. The molecule has 84 valence electrons. The molecule has 1 atom stereocenters. The molecule has 0 amide bonds. The van der Waals surface area contributed by atoms with Gasteiger partial charge in [0.1, 0.15) is 0 Å². The summed E-state index contributed by atoms with van der Waals surface area (Å²) in [5, 5.41) is 9.04. The van der Waals surface area contributed by atoms with E-state index in [2.05, 4.69) is 4.74 Å². The molecule has 0 aliphatic carbocycles. The topological polar surface area (TPSA) is 29.5 Å². The molecule has 0 unspecified atom stereocenters. The van der Waals surface area contributed by atoms with Crippen molar-refractivity contribution in [2.24, 2.45) is 0 Å². The summed E-state index contributed by atoms with van der Waals surface area (Å²) in [5.41, 5.74) is 0.182. The molecule has 6 heteroatoms. The fraction of sp³-hybridized carbons (Fsp3) is 0.333. The van der Waals surface area contributed by atoms with Crippen molar-refractivity contribution in [1.82, 2.24) is 0 Å². The van der Waals surface area contributed by atoms with Crippen LogP contribution in [0.3, 0.4) is 0 Å². The molecule has 0 aromatic heterocycles. The monoisotopic (exact) mass is 224 g/mol. The highest BCUT2D eigenvalue weighted by molar-refractivity contribution is 5.30. The molecule has 0 aliphatic rings. The van der Waals surface area contributed by atoms with Crippen LogP contribution in [0.2, 0.25) is 0 Å². The highest BCUT2D eigenvalue weighted by atomic mass is 19.4. The predicted octanol–water partition coefficient (Wildman–Crippen LogP) is 2.78. The smallest absolute Gasteiger partial charge is 0.403 e. The van der Waals surface area contributed by atoms with Crippen molar-refractivity contribution in [3.8, 4) is 5.75 Å². The molecule has 0 spiro atoms. The van der Waals surface area contributed by atoms with Crippen LogP contribution in [0.15, 0.2) is 18.2 Å². The van der Waals surface area contributed by atoms with Crippen LogP contribution in [0.25, 0.3) is 0 Å². The standard InChI is InChI=1S/C9H8F4O2/c1-5(14)6-2-3-8(7(10)4-6)15-9(11,12)13/h2-5,14H,1H3/t5-/m1/s1. The van der Waals surface area contributed by atoms with Gasteiger partial charge in [-0.2, -0.15) is 0 Å². The largest absolute Gasteiger partial charge is 0.573 e. The van der Waals surface area contributed by atoms with Crippen molar-refractivity contribution in [1.29, 1.82) is 0 Å². The second kappa shape index (κ2) is 4.06. The minimum atomic E-state index is -4.92. The van der Waals surface area contributed by atoms with Gasteiger partial charge in [0.15, 0.2) is 11.6 Å². The second-order valence-corrected chi connectivity index (χ2v) is 2.91. The van der Waals surface area contributed by atoms with E-state index in [4.69, 9.17) is 5.11 Å². The van der Waals surface area contributed by atoms with E-state index in [-0.39, 0.29) is 5.56 Å². The van der Waals surface area contributed by atoms with Crippen molar-refractivity contribution in [2.75, 3.05) is 0 Å². The van der Waals surface area contributed by atoms with Crippen molar-refractivity contribution in [3.63, 3.8) is 0 Å². The van der Waals surface area contributed by atoms with Crippen molar-refractivity contribution < 1.29 is 27.4 Å². The number of halogens is 4. The van der Waals surface area contributed by atoms with Gasteiger partial charge in [0, 0.05) is 0 Å². The molecule has 1 aromatic rings. The van der Waals surface area contributed by atoms with Gasteiger partial charge >= 0.3 is 6.36 Å². The molecular weight excluding hydrogens is 216 g/mol. The third-order valence-corrected chi connectivity index (χ3v) is 1.66. The molecule has 0 aliphatic heterocycles. The Morgan fingerprint density at radius 3 is 2.33 bits per heavy atom. The highest BCUT2D eigenvalue weighted by Gasteiger charge is 2.32. The van der Waals surface area contributed by atoms with Crippen LogP contribution in [0, 0.1) is 5.82 Å². The SMILES string of the molecule is C[C@@H](O)c1ccc(OC(F)(F)F)c(F)c1. The van der Waals surface area contributed by atoms with Crippen LogP contribution >= 0.6 is 0 Å². The minimum absolute atomic E-state index is 0.182. The van der Waals surface area contributed by atoms with E-state index >= 15 is 0 Å². The van der Waals surface area contributed by atoms with Gasteiger partial charge in [-0.3, -0.25) is 0 Å². The van der Waals surface area contributed by atoms with Crippen LogP contribution in [0.5, 0.6) is 5.75 Å². The second-order valence-electron chi connectivity index (χ2n) is 2.91. The van der Waals surface area contributed by atoms with Crippen LogP contribution in [0.1, 0.15) is 18.6 Å². The molecule has 1 aromatic carbocycles. The number of ether oxygens (including phenoxy) is 1. The zero-order chi connectivity index (χ0) is 11.6. The average Bonchev–Trinajstić information content (AvgIpc) is 2.05. The molecule has 0 saturated carbocycles. The van der Waals surface area contributed by atoms with Gasteiger partial charge in [0.05, 0.1) is 6.10 Å². The van der Waals surface area contributed by atoms with Gasteiger partial charge < -0.3 is 9.84 Å². The molecule has 15 heavy (non-hydrogen) atoms. The lowest BCUT2D eigenvalue weighted by atomic mass is 10.1. The number of aliphatic hydroxyl groups excluding tert-OH is 1.